The van der Waals surface area contributed by atoms with Gasteiger partial charge in [-0.2, -0.15) is 0 Å². The van der Waals surface area contributed by atoms with Crippen molar-refractivity contribution in [1.29, 1.82) is 0 Å². The molecule has 1 aromatic rings. The molecule has 0 saturated heterocycles. The summed E-state index contributed by atoms with van der Waals surface area (Å²) in [6.07, 6.45) is 4.05. The minimum Gasteiger partial charge on any atom is -0.409 e. The lowest BCUT2D eigenvalue weighted by Crippen LogP contribution is -2.33. The van der Waals surface area contributed by atoms with Crippen molar-refractivity contribution in [1.82, 2.24) is 10.3 Å². The van der Waals surface area contributed by atoms with Crippen LogP contribution in [0.2, 0.25) is 0 Å². The predicted molar refractivity (Wildman–Crippen MR) is 63.3 cm³/mol. The van der Waals surface area contributed by atoms with Crippen molar-refractivity contribution in [3.63, 3.8) is 0 Å². The van der Waals surface area contributed by atoms with E-state index < -0.39 is 0 Å². The lowest BCUT2D eigenvalue weighted by molar-refractivity contribution is 0.315. The molecule has 0 amide bonds. The first kappa shape index (κ1) is 12.4. The molecule has 16 heavy (non-hydrogen) atoms. The molecule has 0 aromatic carbocycles. The maximum absolute atomic E-state index is 8.46. The maximum atomic E-state index is 8.46. The second-order valence-corrected chi connectivity index (χ2v) is 3.87. The fraction of sp³-hybridized carbons (Fsp3) is 0.455. The fourth-order valence-corrected chi connectivity index (χ4v) is 1.59. The van der Waals surface area contributed by atoms with Crippen molar-refractivity contribution >= 4 is 5.84 Å². The quantitative estimate of drug-likeness (QED) is 0.303. The van der Waals surface area contributed by atoms with Crippen molar-refractivity contribution < 1.29 is 5.21 Å². The summed E-state index contributed by atoms with van der Waals surface area (Å²) in [5, 5.41) is 14.8. The Morgan fingerprint density at radius 1 is 1.50 bits per heavy atom. The Balaban J connectivity index is 2.48. The van der Waals surface area contributed by atoms with Crippen LogP contribution in [-0.2, 0) is 0 Å². The zero-order chi connectivity index (χ0) is 12.0. The van der Waals surface area contributed by atoms with Gasteiger partial charge in [0.05, 0.1) is 0 Å². The van der Waals surface area contributed by atoms with E-state index in [0.29, 0.717) is 6.42 Å². The predicted octanol–water partition coefficient (Wildman–Crippen LogP) is 1.26. The van der Waals surface area contributed by atoms with E-state index in [2.05, 4.69) is 22.4 Å². The van der Waals surface area contributed by atoms with Crippen molar-refractivity contribution in [2.75, 3.05) is 0 Å². The number of oxime groups is 1. The Kier molecular flexibility index (Phi) is 4.72. The van der Waals surface area contributed by atoms with Crippen molar-refractivity contribution in [3.05, 3.63) is 30.1 Å². The van der Waals surface area contributed by atoms with E-state index in [1.807, 2.05) is 19.1 Å². The van der Waals surface area contributed by atoms with Crippen LogP contribution >= 0.6 is 0 Å². The zero-order valence-electron chi connectivity index (χ0n) is 9.59. The van der Waals surface area contributed by atoms with Gasteiger partial charge in [-0.25, -0.2) is 0 Å². The molecule has 1 aromatic heterocycles. The lowest BCUT2D eigenvalue weighted by Gasteiger charge is -2.19. The highest BCUT2D eigenvalue weighted by molar-refractivity contribution is 5.80. The number of nitrogens with one attached hydrogen (secondary N) is 1. The largest absolute Gasteiger partial charge is 0.409 e. The molecule has 0 aliphatic carbocycles. The third kappa shape index (κ3) is 3.86. The van der Waals surface area contributed by atoms with Gasteiger partial charge in [-0.3, -0.25) is 4.98 Å². The molecule has 2 unspecified atom stereocenters. The molecule has 0 fully saturated rings. The van der Waals surface area contributed by atoms with Gasteiger partial charge in [0, 0.05) is 30.9 Å². The average molecular weight is 222 g/mol. The van der Waals surface area contributed by atoms with Gasteiger partial charge in [-0.15, -0.1) is 0 Å². The van der Waals surface area contributed by atoms with E-state index in [0.717, 1.165) is 0 Å². The third-order valence-electron chi connectivity index (χ3n) is 2.38. The minimum absolute atomic E-state index is 0.152. The molecule has 0 radical (unpaired) electrons. The molecule has 0 spiro atoms. The summed E-state index contributed by atoms with van der Waals surface area (Å²) in [7, 11) is 0. The van der Waals surface area contributed by atoms with Gasteiger partial charge in [0.1, 0.15) is 5.84 Å². The molecule has 0 aliphatic heterocycles. The highest BCUT2D eigenvalue weighted by Crippen LogP contribution is 2.11. The SMILES string of the molecule is CC(CC(N)=NO)NC(C)c1ccncc1. The normalized spacial score (nSPS) is 15.8. The summed E-state index contributed by atoms with van der Waals surface area (Å²) >= 11 is 0. The zero-order valence-corrected chi connectivity index (χ0v) is 9.59. The molecule has 0 aliphatic rings. The summed E-state index contributed by atoms with van der Waals surface area (Å²) in [6, 6.07) is 4.30. The average Bonchev–Trinajstić information content (AvgIpc) is 2.29. The van der Waals surface area contributed by atoms with E-state index >= 15 is 0 Å². The first-order chi connectivity index (χ1) is 7.63. The third-order valence-corrected chi connectivity index (χ3v) is 2.38. The van der Waals surface area contributed by atoms with Crippen LogP contribution in [0.25, 0.3) is 0 Å². The highest BCUT2D eigenvalue weighted by Gasteiger charge is 2.10. The number of rotatable bonds is 5. The summed E-state index contributed by atoms with van der Waals surface area (Å²) in [4.78, 5) is 3.97. The number of nitrogens with zero attached hydrogens (tertiary/aromatic N) is 2. The molecule has 5 heteroatoms. The maximum Gasteiger partial charge on any atom is 0.140 e. The van der Waals surface area contributed by atoms with E-state index in [-0.39, 0.29) is 17.9 Å². The number of nitrogens with two attached hydrogens (primary N) is 1. The van der Waals surface area contributed by atoms with Crippen LogP contribution in [-0.4, -0.2) is 22.1 Å². The second kappa shape index (κ2) is 6.07. The van der Waals surface area contributed by atoms with Crippen LogP contribution in [0.4, 0.5) is 0 Å². The van der Waals surface area contributed by atoms with Gasteiger partial charge in [-0.05, 0) is 31.5 Å². The Morgan fingerprint density at radius 3 is 2.69 bits per heavy atom. The molecule has 88 valence electrons. The Hall–Kier alpha value is -1.62. The number of hydrogen-bond acceptors (Lipinski definition) is 4. The highest BCUT2D eigenvalue weighted by atomic mass is 16.4. The minimum atomic E-state index is 0.152. The first-order valence-electron chi connectivity index (χ1n) is 5.26. The molecule has 1 rings (SSSR count). The van der Waals surface area contributed by atoms with Crippen molar-refractivity contribution in [2.24, 2.45) is 10.9 Å². The monoisotopic (exact) mass is 222 g/mol. The molecule has 2 atom stereocenters. The van der Waals surface area contributed by atoms with Gasteiger partial charge in [-0.1, -0.05) is 5.16 Å². The smallest absolute Gasteiger partial charge is 0.140 e. The Labute approximate surface area is 95.4 Å². The molecular weight excluding hydrogens is 204 g/mol. The summed E-state index contributed by atoms with van der Waals surface area (Å²) in [5.74, 6) is 0.238. The molecule has 4 N–H and O–H groups in total. The van der Waals surface area contributed by atoms with Gasteiger partial charge in [0.25, 0.3) is 0 Å². The Morgan fingerprint density at radius 2 is 2.12 bits per heavy atom. The molecule has 0 bridgehead atoms. The molecular formula is C11H18N4O. The van der Waals surface area contributed by atoms with Crippen LogP contribution < -0.4 is 11.1 Å². The topological polar surface area (TPSA) is 83.5 Å². The summed E-state index contributed by atoms with van der Waals surface area (Å²) < 4.78 is 0. The second-order valence-electron chi connectivity index (χ2n) is 3.87. The van der Waals surface area contributed by atoms with Crippen molar-refractivity contribution in [2.45, 2.75) is 32.4 Å². The standard InChI is InChI=1S/C11H18N4O/c1-8(7-11(12)15-16)14-9(2)10-3-5-13-6-4-10/h3-6,8-9,14,16H,7H2,1-2H3,(H2,12,15). The van der Waals surface area contributed by atoms with Gasteiger partial charge in [0.2, 0.25) is 0 Å². The van der Waals surface area contributed by atoms with E-state index in [9.17, 15) is 0 Å². The van der Waals surface area contributed by atoms with Crippen LogP contribution in [0.3, 0.4) is 0 Å². The van der Waals surface area contributed by atoms with Crippen LogP contribution in [0.5, 0.6) is 0 Å². The Bertz CT molecular complexity index is 339. The fourth-order valence-electron chi connectivity index (χ4n) is 1.59. The van der Waals surface area contributed by atoms with Crippen LogP contribution in [0.15, 0.2) is 29.7 Å². The molecule has 1 heterocycles. The van der Waals surface area contributed by atoms with Gasteiger partial charge >= 0.3 is 0 Å². The first-order valence-corrected chi connectivity index (χ1v) is 5.26. The summed E-state index contributed by atoms with van der Waals surface area (Å²) in [6.45, 7) is 4.06. The number of aromatic nitrogens is 1. The molecule has 5 nitrogen and oxygen atoms in total. The van der Waals surface area contributed by atoms with Crippen LogP contribution in [0.1, 0.15) is 31.9 Å². The molecule has 0 saturated carbocycles. The van der Waals surface area contributed by atoms with E-state index in [1.54, 1.807) is 12.4 Å². The van der Waals surface area contributed by atoms with Gasteiger partial charge < -0.3 is 16.3 Å². The summed E-state index contributed by atoms with van der Waals surface area (Å²) in [5.41, 5.74) is 6.61. The van der Waals surface area contributed by atoms with E-state index in [4.69, 9.17) is 10.9 Å². The van der Waals surface area contributed by atoms with Crippen LogP contribution in [0, 0.1) is 0 Å². The number of amidine groups is 1. The number of hydrogen-bond donors (Lipinski definition) is 3. The lowest BCUT2D eigenvalue weighted by atomic mass is 10.1. The number of pyridine rings is 1. The van der Waals surface area contributed by atoms with Crippen molar-refractivity contribution in [3.8, 4) is 0 Å². The van der Waals surface area contributed by atoms with E-state index in [1.165, 1.54) is 5.56 Å². The van der Waals surface area contributed by atoms with Gasteiger partial charge in [0.15, 0.2) is 0 Å².